The molecule has 4 rings (SSSR count). The van der Waals surface area contributed by atoms with Gasteiger partial charge in [0.05, 0.1) is 11.0 Å². The molecule has 0 fully saturated rings. The van der Waals surface area contributed by atoms with Gasteiger partial charge < -0.3 is 9.88 Å². The minimum Gasteiger partial charge on any atom is -0.353 e. The molecule has 0 bridgehead atoms. The molecule has 0 aliphatic heterocycles. The Bertz CT molecular complexity index is 1270. The van der Waals surface area contributed by atoms with E-state index in [0.29, 0.717) is 6.54 Å². The summed E-state index contributed by atoms with van der Waals surface area (Å²) in [4.78, 5) is 17.0. The molecule has 0 radical (unpaired) electrons. The Balaban J connectivity index is 1.30. The predicted molar refractivity (Wildman–Crippen MR) is 141 cm³/mol. The average Bonchev–Trinajstić information content (AvgIpc) is 3.20. The number of fused-ring (bicyclic) bond motifs is 1. The Morgan fingerprint density at radius 2 is 1.74 bits per heavy atom. The maximum absolute atomic E-state index is 12.0. The summed E-state index contributed by atoms with van der Waals surface area (Å²) in [5, 5.41) is 2.98. The molecule has 1 amide bonds. The van der Waals surface area contributed by atoms with Crippen LogP contribution in [0.5, 0.6) is 0 Å². The summed E-state index contributed by atoms with van der Waals surface area (Å²) >= 11 is 0. The van der Waals surface area contributed by atoms with Crippen LogP contribution in [0.4, 0.5) is 0 Å². The number of carbonyl (C=O) groups excluding carboxylic acids is 1. The maximum atomic E-state index is 12.0. The molecule has 0 saturated carbocycles. The van der Waals surface area contributed by atoms with Crippen LogP contribution in [0.15, 0.2) is 78.9 Å². The molecule has 0 saturated heterocycles. The lowest BCUT2D eigenvalue weighted by Crippen LogP contribution is -2.22. The molecular weight excluding hydrogens is 418 g/mol. The third kappa shape index (κ3) is 6.22. The van der Waals surface area contributed by atoms with Gasteiger partial charge in [0.15, 0.2) is 0 Å². The molecule has 1 N–H and O–H groups in total. The second kappa shape index (κ2) is 11.5. The molecule has 4 heteroatoms. The Kier molecular flexibility index (Phi) is 7.92. The molecule has 4 nitrogen and oxygen atoms in total. The van der Waals surface area contributed by atoms with E-state index in [0.717, 1.165) is 49.1 Å². The van der Waals surface area contributed by atoms with Gasteiger partial charge in [-0.05, 0) is 61.6 Å². The van der Waals surface area contributed by atoms with Gasteiger partial charge in [-0.3, -0.25) is 4.79 Å². The fraction of sp³-hybridized carbons (Fsp3) is 0.267. The van der Waals surface area contributed by atoms with Gasteiger partial charge in [0.1, 0.15) is 5.82 Å². The first-order valence-electron chi connectivity index (χ1n) is 12.1. The number of rotatable bonds is 10. The molecule has 0 atom stereocenters. The van der Waals surface area contributed by atoms with Crippen molar-refractivity contribution in [1.29, 1.82) is 0 Å². The summed E-state index contributed by atoms with van der Waals surface area (Å²) in [6, 6.07) is 24.9. The largest absolute Gasteiger partial charge is 0.353 e. The topological polar surface area (TPSA) is 46.9 Å². The maximum Gasteiger partial charge on any atom is 0.243 e. The van der Waals surface area contributed by atoms with E-state index in [1.54, 1.807) is 6.08 Å². The Hall–Kier alpha value is -3.66. The van der Waals surface area contributed by atoms with Crippen LogP contribution in [-0.2, 0) is 17.8 Å². The van der Waals surface area contributed by atoms with Crippen molar-refractivity contribution in [3.63, 3.8) is 0 Å². The highest BCUT2D eigenvalue weighted by atomic mass is 16.1. The van der Waals surface area contributed by atoms with E-state index in [-0.39, 0.29) is 5.91 Å². The smallest absolute Gasteiger partial charge is 0.243 e. The van der Waals surface area contributed by atoms with Gasteiger partial charge in [0, 0.05) is 25.6 Å². The summed E-state index contributed by atoms with van der Waals surface area (Å²) < 4.78 is 2.37. The number of carbonyl (C=O) groups is 1. The fourth-order valence-electron chi connectivity index (χ4n) is 4.23. The molecule has 0 aliphatic carbocycles. The van der Waals surface area contributed by atoms with Crippen molar-refractivity contribution in [3.8, 4) is 0 Å². The number of unbranched alkanes of at least 4 members (excludes halogenated alkanes) is 2. The number of benzene rings is 3. The van der Waals surface area contributed by atoms with Gasteiger partial charge in [-0.25, -0.2) is 4.98 Å². The van der Waals surface area contributed by atoms with Gasteiger partial charge in [0.2, 0.25) is 5.91 Å². The Labute approximate surface area is 202 Å². The van der Waals surface area contributed by atoms with E-state index in [1.807, 2.05) is 36.4 Å². The first-order chi connectivity index (χ1) is 16.6. The summed E-state index contributed by atoms with van der Waals surface area (Å²) in [6.45, 7) is 5.85. The fourth-order valence-corrected chi connectivity index (χ4v) is 4.23. The summed E-state index contributed by atoms with van der Waals surface area (Å²) in [5.74, 6) is 1.09. The van der Waals surface area contributed by atoms with Crippen LogP contribution in [-0.4, -0.2) is 22.0 Å². The van der Waals surface area contributed by atoms with E-state index < -0.39 is 0 Å². The van der Waals surface area contributed by atoms with Crippen molar-refractivity contribution in [2.24, 2.45) is 0 Å². The normalized spacial score (nSPS) is 11.4. The van der Waals surface area contributed by atoms with Crippen molar-refractivity contribution in [1.82, 2.24) is 14.9 Å². The number of imidazole rings is 1. The molecule has 0 spiro atoms. The second-order valence-corrected chi connectivity index (χ2v) is 8.88. The van der Waals surface area contributed by atoms with Crippen LogP contribution in [0.3, 0.4) is 0 Å². The molecule has 1 heterocycles. The van der Waals surface area contributed by atoms with Gasteiger partial charge in [0.25, 0.3) is 0 Å². The van der Waals surface area contributed by atoms with Gasteiger partial charge in [-0.15, -0.1) is 0 Å². The number of amides is 1. The number of hydrogen-bond donors (Lipinski definition) is 1. The van der Waals surface area contributed by atoms with Crippen molar-refractivity contribution in [2.75, 3.05) is 6.54 Å². The van der Waals surface area contributed by atoms with Crippen LogP contribution in [0.2, 0.25) is 0 Å². The molecule has 0 aliphatic rings. The van der Waals surface area contributed by atoms with E-state index in [4.69, 9.17) is 4.98 Å². The highest BCUT2D eigenvalue weighted by Gasteiger charge is 2.12. The van der Waals surface area contributed by atoms with Gasteiger partial charge >= 0.3 is 0 Å². The number of nitrogens with one attached hydrogen (secondary N) is 1. The van der Waals surface area contributed by atoms with Crippen LogP contribution in [0, 0.1) is 13.8 Å². The predicted octanol–water partition coefficient (Wildman–Crippen LogP) is 6.24. The zero-order valence-electron chi connectivity index (χ0n) is 20.1. The van der Waals surface area contributed by atoms with E-state index in [2.05, 4.69) is 66.2 Å². The van der Waals surface area contributed by atoms with Crippen LogP contribution >= 0.6 is 0 Å². The molecule has 4 aromatic rings. The van der Waals surface area contributed by atoms with Crippen LogP contribution < -0.4 is 5.32 Å². The van der Waals surface area contributed by atoms with E-state index in [1.165, 1.54) is 22.2 Å². The van der Waals surface area contributed by atoms with Crippen LogP contribution in [0.1, 0.15) is 47.3 Å². The zero-order chi connectivity index (χ0) is 23.8. The number of aryl methyl sites for hydroxylation is 3. The third-order valence-electron chi connectivity index (χ3n) is 6.17. The van der Waals surface area contributed by atoms with Crippen molar-refractivity contribution in [2.45, 2.75) is 46.1 Å². The van der Waals surface area contributed by atoms with E-state index >= 15 is 0 Å². The molecular formula is C30H33N3O. The first kappa shape index (κ1) is 23.5. The van der Waals surface area contributed by atoms with Gasteiger partial charge in [-0.2, -0.15) is 0 Å². The summed E-state index contributed by atoms with van der Waals surface area (Å²) in [7, 11) is 0. The summed E-state index contributed by atoms with van der Waals surface area (Å²) in [6.07, 6.45) is 7.44. The quantitative estimate of drug-likeness (QED) is 0.229. The molecule has 1 aromatic heterocycles. The van der Waals surface area contributed by atoms with Crippen LogP contribution in [0.25, 0.3) is 17.1 Å². The lowest BCUT2D eigenvalue weighted by Gasteiger charge is -2.12. The molecule has 34 heavy (non-hydrogen) atoms. The first-order valence-corrected chi connectivity index (χ1v) is 12.1. The summed E-state index contributed by atoms with van der Waals surface area (Å²) in [5.41, 5.74) is 7.21. The molecule has 174 valence electrons. The molecule has 0 unspecified atom stereocenters. The zero-order valence-corrected chi connectivity index (χ0v) is 20.1. The lowest BCUT2D eigenvalue weighted by molar-refractivity contribution is -0.116. The average molecular weight is 452 g/mol. The third-order valence-corrected chi connectivity index (χ3v) is 6.17. The molecule has 3 aromatic carbocycles. The monoisotopic (exact) mass is 451 g/mol. The minimum absolute atomic E-state index is 0.0424. The number of aromatic nitrogens is 2. The second-order valence-electron chi connectivity index (χ2n) is 8.88. The van der Waals surface area contributed by atoms with Crippen molar-refractivity contribution >= 4 is 23.0 Å². The van der Waals surface area contributed by atoms with E-state index in [9.17, 15) is 4.79 Å². The minimum atomic E-state index is -0.0424. The van der Waals surface area contributed by atoms with Crippen molar-refractivity contribution in [3.05, 3.63) is 107 Å². The SMILES string of the molecule is Cc1ccc(C)c(Cn2c(CCCCCNC(=O)/C=C/c3ccccc3)nc3ccccc32)c1. The van der Waals surface area contributed by atoms with Gasteiger partial charge in [-0.1, -0.05) is 72.6 Å². The Morgan fingerprint density at radius 3 is 2.59 bits per heavy atom. The Morgan fingerprint density at radius 1 is 0.941 bits per heavy atom. The number of nitrogens with zero attached hydrogens (tertiary/aromatic N) is 2. The lowest BCUT2D eigenvalue weighted by atomic mass is 10.1. The standard InChI is InChI=1S/C30H33N3O/c1-23-16-17-24(2)26(21-23)22-33-28-14-9-8-13-27(28)32-29(33)15-7-4-10-20-31-30(34)19-18-25-11-5-3-6-12-25/h3,5-6,8-9,11-14,16-19,21H,4,7,10,15,20,22H2,1-2H3,(H,31,34)/b19-18+. The van der Waals surface area contributed by atoms with Crippen molar-refractivity contribution < 1.29 is 4.79 Å². The number of para-hydroxylation sites is 2. The highest BCUT2D eigenvalue weighted by molar-refractivity contribution is 5.91. The number of hydrogen-bond acceptors (Lipinski definition) is 2. The highest BCUT2D eigenvalue weighted by Crippen LogP contribution is 2.21.